The molecule has 4 rings (SSSR count). The molecule has 3 aromatic rings. The van der Waals surface area contributed by atoms with Crippen LogP contribution in [0.3, 0.4) is 0 Å². The van der Waals surface area contributed by atoms with E-state index in [-0.39, 0.29) is 22.9 Å². The van der Waals surface area contributed by atoms with Crippen LogP contribution in [0.1, 0.15) is 38.0 Å². The first-order valence-corrected chi connectivity index (χ1v) is 11.5. The second-order valence-corrected chi connectivity index (χ2v) is 8.37. The Morgan fingerprint density at radius 1 is 1.24 bits per heavy atom. The van der Waals surface area contributed by atoms with Crippen LogP contribution >= 0.6 is 11.8 Å². The minimum atomic E-state index is -0.989. The molecule has 2 heterocycles. The first-order valence-electron chi connectivity index (χ1n) is 10.5. The SMILES string of the molecule is CCCCCSc1nnc2c(n1)O[C@H](c1ccc(O)c(OC)c1[N+](=O)[O-])Nc1ccccc1-2. The molecule has 1 aromatic heterocycles. The van der Waals surface area contributed by atoms with Gasteiger partial charge in [-0.25, -0.2) is 0 Å². The monoisotopic (exact) mass is 469 g/mol. The third-order valence-corrected chi connectivity index (χ3v) is 6.05. The van der Waals surface area contributed by atoms with Gasteiger partial charge in [0.25, 0.3) is 0 Å². The molecule has 10 nitrogen and oxygen atoms in total. The summed E-state index contributed by atoms with van der Waals surface area (Å²) in [4.78, 5) is 15.8. The molecule has 0 radical (unpaired) electrons. The lowest BCUT2D eigenvalue weighted by atomic mass is 10.1. The van der Waals surface area contributed by atoms with Crippen molar-refractivity contribution in [2.24, 2.45) is 0 Å². The van der Waals surface area contributed by atoms with Crippen molar-refractivity contribution >= 4 is 23.1 Å². The van der Waals surface area contributed by atoms with Gasteiger partial charge in [0.05, 0.1) is 17.6 Å². The van der Waals surface area contributed by atoms with Crippen LogP contribution in [0.5, 0.6) is 17.4 Å². The topological polar surface area (TPSA) is 133 Å². The molecule has 0 fully saturated rings. The van der Waals surface area contributed by atoms with Crippen LogP contribution in [0.25, 0.3) is 11.3 Å². The third kappa shape index (κ3) is 4.63. The van der Waals surface area contributed by atoms with E-state index in [2.05, 4.69) is 27.4 Å². The number of nitro groups is 1. The van der Waals surface area contributed by atoms with Gasteiger partial charge in [0, 0.05) is 17.0 Å². The molecule has 1 aliphatic heterocycles. The number of methoxy groups -OCH3 is 1. The highest BCUT2D eigenvalue weighted by Crippen LogP contribution is 2.45. The van der Waals surface area contributed by atoms with Gasteiger partial charge in [-0.1, -0.05) is 49.7 Å². The van der Waals surface area contributed by atoms with Gasteiger partial charge >= 0.3 is 5.69 Å². The maximum Gasteiger partial charge on any atom is 0.323 e. The lowest BCUT2D eigenvalue weighted by Crippen LogP contribution is -2.19. The Hall–Kier alpha value is -3.60. The number of hydrogen-bond acceptors (Lipinski definition) is 10. The molecule has 0 unspecified atom stereocenters. The highest BCUT2D eigenvalue weighted by Gasteiger charge is 2.34. The lowest BCUT2D eigenvalue weighted by Gasteiger charge is -2.20. The number of thioether (sulfide) groups is 1. The zero-order valence-corrected chi connectivity index (χ0v) is 19.0. The molecule has 2 N–H and O–H groups in total. The Kier molecular flexibility index (Phi) is 6.78. The maximum absolute atomic E-state index is 11.9. The number of phenols is 1. The smallest absolute Gasteiger partial charge is 0.323 e. The predicted octanol–water partition coefficient (Wildman–Crippen LogP) is 4.95. The third-order valence-electron chi connectivity index (χ3n) is 5.12. The molecular weight excluding hydrogens is 446 g/mol. The van der Waals surface area contributed by atoms with Crippen molar-refractivity contribution in [3.8, 4) is 28.6 Å². The molecular formula is C22H23N5O5S. The Morgan fingerprint density at radius 3 is 2.82 bits per heavy atom. The second-order valence-electron chi connectivity index (χ2n) is 7.30. The average molecular weight is 470 g/mol. The van der Waals surface area contributed by atoms with Gasteiger partial charge in [0.2, 0.25) is 23.0 Å². The summed E-state index contributed by atoms with van der Waals surface area (Å²) in [6, 6.07) is 10.1. The number of phenolic OH excluding ortho intramolecular Hbond substituents is 1. The van der Waals surface area contributed by atoms with Crippen molar-refractivity contribution in [3.05, 3.63) is 52.1 Å². The summed E-state index contributed by atoms with van der Waals surface area (Å²) in [5, 5.41) is 34.2. The van der Waals surface area contributed by atoms with Gasteiger partial charge in [0.15, 0.2) is 11.4 Å². The summed E-state index contributed by atoms with van der Waals surface area (Å²) >= 11 is 1.49. The van der Waals surface area contributed by atoms with Crippen LogP contribution in [0.2, 0.25) is 0 Å². The van der Waals surface area contributed by atoms with E-state index in [4.69, 9.17) is 9.47 Å². The molecule has 0 bridgehead atoms. The van der Waals surface area contributed by atoms with Crippen molar-refractivity contribution < 1.29 is 19.5 Å². The van der Waals surface area contributed by atoms with Gasteiger partial charge < -0.3 is 19.9 Å². The molecule has 1 aliphatic rings. The number of hydrogen-bond donors (Lipinski definition) is 2. The molecule has 1 atom stereocenters. The number of fused-ring (bicyclic) bond motifs is 3. The molecule has 11 heteroatoms. The minimum absolute atomic E-state index is 0.174. The van der Waals surface area contributed by atoms with Gasteiger partial charge in [-0.2, -0.15) is 4.98 Å². The Balaban J connectivity index is 1.78. The van der Waals surface area contributed by atoms with Gasteiger partial charge in [-0.3, -0.25) is 10.1 Å². The predicted molar refractivity (Wildman–Crippen MR) is 124 cm³/mol. The normalized spacial score (nSPS) is 14.3. The number of anilines is 1. The standard InChI is InChI=1S/C22H23N5O5S/c1-3-4-7-12-33-22-24-21-17(25-26-22)13-8-5-6-9-15(13)23-20(32-21)14-10-11-16(28)19(31-2)18(14)27(29)30/h5-6,8-11,20,23,28H,3-4,7,12H2,1-2H3/t20-/m1/s1. The van der Waals surface area contributed by atoms with Crippen molar-refractivity contribution in [1.29, 1.82) is 0 Å². The van der Waals surface area contributed by atoms with Crippen molar-refractivity contribution in [3.63, 3.8) is 0 Å². The molecule has 0 amide bonds. The number of unbranched alkanes of at least 4 members (excludes halogenated alkanes) is 2. The van der Waals surface area contributed by atoms with E-state index in [1.54, 1.807) is 0 Å². The van der Waals surface area contributed by atoms with E-state index in [1.807, 2.05) is 24.3 Å². The van der Waals surface area contributed by atoms with Crippen molar-refractivity contribution in [2.75, 3.05) is 18.2 Å². The van der Waals surface area contributed by atoms with Crippen molar-refractivity contribution in [1.82, 2.24) is 15.2 Å². The lowest BCUT2D eigenvalue weighted by molar-refractivity contribution is -0.387. The number of para-hydroxylation sites is 1. The fourth-order valence-electron chi connectivity index (χ4n) is 3.54. The van der Waals surface area contributed by atoms with Crippen LogP contribution in [0.4, 0.5) is 11.4 Å². The van der Waals surface area contributed by atoms with Gasteiger partial charge in [-0.05, 0) is 24.6 Å². The number of nitro benzene ring substituents is 1. The minimum Gasteiger partial charge on any atom is -0.504 e. The molecule has 0 aliphatic carbocycles. The first kappa shape index (κ1) is 22.6. The quantitative estimate of drug-likeness (QED) is 0.202. The summed E-state index contributed by atoms with van der Waals surface area (Å²) in [6.45, 7) is 2.14. The largest absolute Gasteiger partial charge is 0.504 e. The summed E-state index contributed by atoms with van der Waals surface area (Å²) in [7, 11) is 1.26. The Labute approximate surface area is 194 Å². The molecule has 0 saturated carbocycles. The second kappa shape index (κ2) is 9.90. The van der Waals surface area contributed by atoms with E-state index in [1.165, 1.54) is 31.0 Å². The van der Waals surface area contributed by atoms with E-state index in [0.29, 0.717) is 22.1 Å². The molecule has 0 saturated heterocycles. The van der Waals surface area contributed by atoms with E-state index < -0.39 is 16.8 Å². The zero-order valence-electron chi connectivity index (χ0n) is 18.1. The number of nitrogens with zero attached hydrogens (tertiary/aromatic N) is 4. The van der Waals surface area contributed by atoms with Crippen LogP contribution in [0.15, 0.2) is 41.6 Å². The van der Waals surface area contributed by atoms with E-state index in [0.717, 1.165) is 25.0 Å². The highest BCUT2D eigenvalue weighted by molar-refractivity contribution is 7.99. The van der Waals surface area contributed by atoms with Gasteiger partial charge in [0.1, 0.15) is 0 Å². The van der Waals surface area contributed by atoms with Crippen LogP contribution in [-0.2, 0) is 0 Å². The average Bonchev–Trinajstić information content (AvgIpc) is 2.98. The summed E-state index contributed by atoms with van der Waals surface area (Å²) in [5.41, 5.74) is 1.58. The van der Waals surface area contributed by atoms with E-state index in [9.17, 15) is 15.2 Å². The van der Waals surface area contributed by atoms with Gasteiger partial charge in [-0.15, -0.1) is 10.2 Å². The summed E-state index contributed by atoms with van der Waals surface area (Å²) in [6.07, 6.45) is 2.28. The molecule has 0 spiro atoms. The van der Waals surface area contributed by atoms with Crippen LogP contribution in [-0.4, -0.2) is 38.1 Å². The zero-order chi connectivity index (χ0) is 23.4. The number of rotatable bonds is 8. The Bertz CT molecular complexity index is 1180. The van der Waals surface area contributed by atoms with Crippen molar-refractivity contribution in [2.45, 2.75) is 37.6 Å². The number of ether oxygens (including phenoxy) is 2. The number of aromatic hydroxyl groups is 1. The number of aromatic nitrogens is 3. The van der Waals surface area contributed by atoms with Crippen LogP contribution < -0.4 is 14.8 Å². The molecule has 2 aromatic carbocycles. The molecule has 33 heavy (non-hydrogen) atoms. The summed E-state index contributed by atoms with van der Waals surface area (Å²) in [5.74, 6) is 0.491. The van der Waals surface area contributed by atoms with Crippen LogP contribution in [0, 0.1) is 10.1 Å². The number of nitrogens with one attached hydrogen (secondary N) is 1. The first-order chi connectivity index (χ1) is 16.0. The fraction of sp³-hybridized carbons (Fsp3) is 0.318. The Morgan fingerprint density at radius 2 is 2.06 bits per heavy atom. The fourth-order valence-corrected chi connectivity index (χ4v) is 4.32. The summed E-state index contributed by atoms with van der Waals surface area (Å²) < 4.78 is 11.3. The number of benzene rings is 2. The maximum atomic E-state index is 11.9. The highest BCUT2D eigenvalue weighted by atomic mass is 32.2. The van der Waals surface area contributed by atoms with E-state index >= 15 is 0 Å². The molecule has 172 valence electrons.